The Labute approximate surface area is 193 Å². The summed E-state index contributed by atoms with van der Waals surface area (Å²) in [5.41, 5.74) is 1.95. The molecule has 4 heterocycles. The van der Waals surface area contributed by atoms with E-state index in [1.807, 2.05) is 18.3 Å². The lowest BCUT2D eigenvalue weighted by Crippen LogP contribution is -2.44. The topological polar surface area (TPSA) is 85.0 Å². The first-order valence-electron chi connectivity index (χ1n) is 10.8. The lowest BCUT2D eigenvalue weighted by Gasteiger charge is -2.33. The van der Waals surface area contributed by atoms with E-state index < -0.39 is 11.7 Å². The molecule has 0 radical (unpaired) electrons. The Balaban J connectivity index is 1.28. The average molecular weight is 468 g/mol. The number of hydrogen-bond donors (Lipinski definition) is 3. The monoisotopic (exact) mass is 468 g/mol. The van der Waals surface area contributed by atoms with Crippen molar-refractivity contribution in [2.75, 3.05) is 48.8 Å². The highest BCUT2D eigenvalue weighted by Gasteiger charge is 2.30. The molecule has 5 rings (SSSR count). The quantitative estimate of drug-likeness (QED) is 0.394. The Hall–Kier alpha value is -3.86. The van der Waals surface area contributed by atoms with E-state index in [1.54, 1.807) is 18.3 Å². The summed E-state index contributed by atoms with van der Waals surface area (Å²) in [6.45, 7) is 3.99. The zero-order valence-electron chi connectivity index (χ0n) is 18.4. The Morgan fingerprint density at radius 1 is 0.912 bits per heavy atom. The van der Waals surface area contributed by atoms with Crippen LogP contribution in [-0.2, 0) is 6.18 Å². The van der Waals surface area contributed by atoms with Gasteiger partial charge in [0.25, 0.3) is 0 Å². The van der Waals surface area contributed by atoms with Crippen LogP contribution in [0.15, 0.2) is 54.9 Å². The molecule has 3 aromatic heterocycles. The smallest absolute Gasteiger partial charge is 0.368 e. The molecule has 0 saturated carbocycles. The van der Waals surface area contributed by atoms with Gasteiger partial charge < -0.3 is 25.4 Å². The Kier molecular flexibility index (Phi) is 5.70. The van der Waals surface area contributed by atoms with Gasteiger partial charge in [-0.25, -0.2) is 15.0 Å². The van der Waals surface area contributed by atoms with Crippen LogP contribution >= 0.6 is 0 Å². The van der Waals surface area contributed by atoms with Gasteiger partial charge in [0, 0.05) is 37.9 Å². The largest absolute Gasteiger partial charge is 0.416 e. The number of alkyl halides is 3. The number of rotatable bonds is 5. The zero-order valence-corrected chi connectivity index (χ0v) is 18.4. The van der Waals surface area contributed by atoms with Crippen molar-refractivity contribution in [3.63, 3.8) is 0 Å². The summed E-state index contributed by atoms with van der Waals surface area (Å²) in [5.74, 6) is 1.53. The number of aromatic nitrogens is 4. The summed E-state index contributed by atoms with van der Waals surface area (Å²) < 4.78 is 38.9. The van der Waals surface area contributed by atoms with Crippen molar-refractivity contribution in [3.8, 4) is 0 Å². The summed E-state index contributed by atoms with van der Waals surface area (Å²) in [7, 11) is 2.12. The molecule has 1 aliphatic rings. The van der Waals surface area contributed by atoms with Crippen LogP contribution in [0.2, 0.25) is 0 Å². The predicted octanol–water partition coefficient (Wildman–Crippen LogP) is 4.61. The number of likely N-dealkylation sites (N-methyl/N-ethyl adjacent to an activating group) is 1. The second-order valence-electron chi connectivity index (χ2n) is 8.19. The van der Waals surface area contributed by atoms with Gasteiger partial charge in [-0.3, -0.25) is 0 Å². The number of halogens is 3. The van der Waals surface area contributed by atoms with Crippen molar-refractivity contribution in [2.45, 2.75) is 6.18 Å². The van der Waals surface area contributed by atoms with Crippen molar-refractivity contribution < 1.29 is 13.2 Å². The van der Waals surface area contributed by atoms with Crippen LogP contribution in [-0.4, -0.2) is 58.1 Å². The number of benzene rings is 1. The maximum atomic E-state index is 13.0. The lowest BCUT2D eigenvalue weighted by molar-refractivity contribution is -0.137. The van der Waals surface area contributed by atoms with E-state index in [-0.39, 0.29) is 0 Å². The zero-order chi connectivity index (χ0) is 23.7. The third-order valence-corrected chi connectivity index (χ3v) is 5.69. The van der Waals surface area contributed by atoms with Crippen molar-refractivity contribution >= 4 is 40.0 Å². The summed E-state index contributed by atoms with van der Waals surface area (Å²) in [6.07, 6.45) is -0.989. The minimum absolute atomic E-state index is 0.292. The summed E-state index contributed by atoms with van der Waals surface area (Å²) in [4.78, 5) is 21.0. The van der Waals surface area contributed by atoms with Crippen LogP contribution in [0, 0.1) is 0 Å². The number of fused-ring (bicyclic) bond motifs is 1. The van der Waals surface area contributed by atoms with E-state index in [0.29, 0.717) is 34.3 Å². The third-order valence-electron chi connectivity index (χ3n) is 5.69. The Morgan fingerprint density at radius 2 is 1.71 bits per heavy atom. The molecule has 176 valence electrons. The molecule has 0 aliphatic carbocycles. The first kappa shape index (κ1) is 22.0. The van der Waals surface area contributed by atoms with Gasteiger partial charge in [0.1, 0.15) is 11.6 Å². The van der Waals surface area contributed by atoms with Crippen molar-refractivity contribution in [1.29, 1.82) is 0 Å². The van der Waals surface area contributed by atoms with Crippen molar-refractivity contribution in [2.24, 2.45) is 0 Å². The molecule has 34 heavy (non-hydrogen) atoms. The number of pyridine rings is 2. The summed E-state index contributed by atoms with van der Waals surface area (Å²) in [6, 6.07) is 10.6. The van der Waals surface area contributed by atoms with Gasteiger partial charge in [-0.15, -0.1) is 0 Å². The molecule has 0 amide bonds. The van der Waals surface area contributed by atoms with Gasteiger partial charge in [0.15, 0.2) is 0 Å². The number of piperazine rings is 1. The molecule has 8 nitrogen and oxygen atoms in total. The standard InChI is InChI=1S/C23H23F3N8/c1-33-7-9-34(10-8-33)17-5-6-20(27-13-17)32-22-30-18-12-21(28-14-19(18)31-22)29-16-4-2-3-15(11-16)23(24,25)26/h2-6,11-14H,7-10H2,1H3,(H,28,29)(H2,27,30,31,32). The molecule has 1 fully saturated rings. The van der Waals surface area contributed by atoms with Gasteiger partial charge in [-0.05, 0) is 37.4 Å². The van der Waals surface area contributed by atoms with E-state index in [0.717, 1.165) is 44.0 Å². The highest BCUT2D eigenvalue weighted by Crippen LogP contribution is 2.31. The van der Waals surface area contributed by atoms with Crippen LogP contribution in [0.1, 0.15) is 5.56 Å². The molecule has 4 aromatic rings. The molecular formula is C23H23F3N8. The molecule has 1 saturated heterocycles. The highest BCUT2D eigenvalue weighted by molar-refractivity contribution is 5.80. The van der Waals surface area contributed by atoms with Crippen molar-refractivity contribution in [1.82, 2.24) is 24.8 Å². The number of nitrogens with one attached hydrogen (secondary N) is 3. The van der Waals surface area contributed by atoms with Gasteiger partial charge >= 0.3 is 6.18 Å². The van der Waals surface area contributed by atoms with Crippen LogP contribution in [0.4, 0.5) is 42.1 Å². The minimum Gasteiger partial charge on any atom is -0.368 e. The maximum absolute atomic E-state index is 13.0. The lowest BCUT2D eigenvalue weighted by atomic mass is 10.2. The third kappa shape index (κ3) is 4.88. The average Bonchev–Trinajstić information content (AvgIpc) is 3.21. The molecule has 1 aromatic carbocycles. The molecule has 0 atom stereocenters. The number of hydrogen-bond acceptors (Lipinski definition) is 7. The first-order valence-corrected chi connectivity index (χ1v) is 10.8. The summed E-state index contributed by atoms with van der Waals surface area (Å²) >= 11 is 0. The number of nitrogens with zero attached hydrogens (tertiary/aromatic N) is 5. The SMILES string of the molecule is CN1CCN(c2ccc(Nc3nc4cc(Nc5cccc(C(F)(F)F)c5)ncc4[nH]3)nc2)CC1. The normalized spacial score (nSPS) is 15.0. The van der Waals surface area contributed by atoms with Gasteiger partial charge in [-0.1, -0.05) is 6.07 Å². The van der Waals surface area contributed by atoms with Crippen LogP contribution in [0.5, 0.6) is 0 Å². The molecule has 0 spiro atoms. The highest BCUT2D eigenvalue weighted by atomic mass is 19.4. The molecule has 0 unspecified atom stereocenters. The molecule has 3 N–H and O–H groups in total. The Morgan fingerprint density at radius 3 is 2.44 bits per heavy atom. The van der Waals surface area contributed by atoms with Crippen LogP contribution in [0.25, 0.3) is 11.0 Å². The van der Waals surface area contributed by atoms with Gasteiger partial charge in [-0.2, -0.15) is 13.2 Å². The first-order chi connectivity index (χ1) is 16.3. The van der Waals surface area contributed by atoms with Gasteiger partial charge in [0.05, 0.1) is 34.7 Å². The van der Waals surface area contributed by atoms with E-state index in [1.165, 1.54) is 6.07 Å². The molecule has 11 heteroatoms. The van der Waals surface area contributed by atoms with E-state index in [9.17, 15) is 13.2 Å². The molecule has 0 bridgehead atoms. The Bertz CT molecular complexity index is 1280. The maximum Gasteiger partial charge on any atom is 0.416 e. The number of aromatic amines is 1. The number of imidazole rings is 1. The van der Waals surface area contributed by atoms with Crippen LogP contribution < -0.4 is 15.5 Å². The van der Waals surface area contributed by atoms with E-state index in [4.69, 9.17) is 0 Å². The molecule has 1 aliphatic heterocycles. The van der Waals surface area contributed by atoms with E-state index in [2.05, 4.69) is 47.4 Å². The second-order valence-corrected chi connectivity index (χ2v) is 8.19. The molecular weight excluding hydrogens is 445 g/mol. The fraction of sp³-hybridized carbons (Fsp3) is 0.261. The van der Waals surface area contributed by atoms with Crippen LogP contribution in [0.3, 0.4) is 0 Å². The fourth-order valence-corrected chi connectivity index (χ4v) is 3.79. The minimum atomic E-state index is -4.41. The number of anilines is 5. The van der Waals surface area contributed by atoms with Crippen molar-refractivity contribution in [3.05, 3.63) is 60.4 Å². The van der Waals surface area contributed by atoms with Gasteiger partial charge in [0.2, 0.25) is 5.95 Å². The fourth-order valence-electron chi connectivity index (χ4n) is 3.79. The summed E-state index contributed by atoms with van der Waals surface area (Å²) in [5, 5.41) is 6.05. The number of H-pyrrole nitrogens is 1. The second kappa shape index (κ2) is 8.82. The van der Waals surface area contributed by atoms with E-state index >= 15 is 0 Å². The predicted molar refractivity (Wildman–Crippen MR) is 126 cm³/mol.